The van der Waals surface area contributed by atoms with Crippen LogP contribution in [0.1, 0.15) is 20.7 Å². The molecule has 0 fully saturated rings. The van der Waals surface area contributed by atoms with Gasteiger partial charge in [0.1, 0.15) is 5.82 Å². The lowest BCUT2D eigenvalue weighted by Crippen LogP contribution is -2.34. The summed E-state index contributed by atoms with van der Waals surface area (Å²) in [7, 11) is 1.71. The van der Waals surface area contributed by atoms with E-state index in [9.17, 15) is 14.0 Å². The number of nitrogens with one attached hydrogen (secondary N) is 2. The number of hydrogen-bond acceptors (Lipinski definition) is 3. The number of thiocarbonyl (C=S) groups is 1. The van der Waals surface area contributed by atoms with Crippen molar-refractivity contribution in [3.05, 3.63) is 95.8 Å². The van der Waals surface area contributed by atoms with Crippen LogP contribution in [-0.2, 0) is 0 Å². The zero-order valence-corrected chi connectivity index (χ0v) is 16.4. The smallest absolute Gasteiger partial charge is 0.258 e. The maximum absolute atomic E-state index is 12.9. The normalized spacial score (nSPS) is 10.1. The Bertz CT molecular complexity index is 1020. The number of halogens is 1. The summed E-state index contributed by atoms with van der Waals surface area (Å²) in [5.74, 6) is -1.01. The molecule has 7 heteroatoms. The topological polar surface area (TPSA) is 61.4 Å². The van der Waals surface area contributed by atoms with E-state index < -0.39 is 11.7 Å². The Morgan fingerprint density at radius 2 is 1.45 bits per heavy atom. The van der Waals surface area contributed by atoms with Gasteiger partial charge >= 0.3 is 0 Å². The fraction of sp³-hybridized carbons (Fsp3) is 0.0455. The van der Waals surface area contributed by atoms with Crippen LogP contribution >= 0.6 is 12.2 Å². The fourth-order valence-corrected chi connectivity index (χ4v) is 2.81. The lowest BCUT2D eigenvalue weighted by Gasteiger charge is -2.17. The number of benzene rings is 3. The zero-order valence-electron chi connectivity index (χ0n) is 15.6. The highest BCUT2D eigenvalue weighted by Gasteiger charge is 2.13. The molecule has 5 nitrogen and oxygen atoms in total. The van der Waals surface area contributed by atoms with Gasteiger partial charge in [-0.1, -0.05) is 18.2 Å². The quantitative estimate of drug-likeness (QED) is 0.636. The number of para-hydroxylation sites is 1. The van der Waals surface area contributed by atoms with Gasteiger partial charge in [0, 0.05) is 29.5 Å². The molecule has 0 spiro atoms. The van der Waals surface area contributed by atoms with Crippen molar-refractivity contribution in [1.29, 1.82) is 0 Å². The number of nitrogens with zero attached hydrogens (tertiary/aromatic N) is 1. The monoisotopic (exact) mass is 407 g/mol. The Morgan fingerprint density at radius 1 is 0.862 bits per heavy atom. The van der Waals surface area contributed by atoms with Crippen LogP contribution in [-0.4, -0.2) is 24.0 Å². The van der Waals surface area contributed by atoms with Gasteiger partial charge in [0.25, 0.3) is 11.8 Å². The molecule has 0 saturated carbocycles. The highest BCUT2D eigenvalue weighted by atomic mass is 32.1. The van der Waals surface area contributed by atoms with Crippen molar-refractivity contribution in [2.75, 3.05) is 17.3 Å². The van der Waals surface area contributed by atoms with Crippen molar-refractivity contribution < 1.29 is 14.0 Å². The lowest BCUT2D eigenvalue weighted by molar-refractivity contribution is 0.0974. The molecule has 3 aromatic rings. The van der Waals surface area contributed by atoms with E-state index in [1.54, 1.807) is 36.2 Å². The van der Waals surface area contributed by atoms with Gasteiger partial charge in [-0.25, -0.2) is 4.39 Å². The first-order valence-corrected chi connectivity index (χ1v) is 9.16. The van der Waals surface area contributed by atoms with E-state index in [4.69, 9.17) is 12.2 Å². The molecule has 146 valence electrons. The van der Waals surface area contributed by atoms with Crippen molar-refractivity contribution >= 4 is 40.5 Å². The molecule has 0 unspecified atom stereocenters. The third-order valence-electron chi connectivity index (χ3n) is 4.17. The van der Waals surface area contributed by atoms with E-state index >= 15 is 0 Å². The number of carbonyl (C=O) groups excluding carboxylic acids is 2. The third kappa shape index (κ3) is 5.24. The number of anilines is 2. The van der Waals surface area contributed by atoms with E-state index in [1.807, 2.05) is 30.3 Å². The first-order valence-electron chi connectivity index (χ1n) is 8.75. The summed E-state index contributed by atoms with van der Waals surface area (Å²) >= 11 is 5.14. The summed E-state index contributed by atoms with van der Waals surface area (Å²) in [4.78, 5) is 26.3. The number of rotatable bonds is 4. The van der Waals surface area contributed by atoms with Crippen molar-refractivity contribution in [3.8, 4) is 0 Å². The van der Waals surface area contributed by atoms with Crippen molar-refractivity contribution in [2.24, 2.45) is 0 Å². The number of amides is 2. The third-order valence-corrected chi connectivity index (χ3v) is 4.38. The minimum absolute atomic E-state index is 0.0970. The summed E-state index contributed by atoms with van der Waals surface area (Å²) in [6.07, 6.45) is 0. The number of carbonyl (C=O) groups is 2. The molecule has 0 aromatic heterocycles. The maximum atomic E-state index is 12.9. The molecule has 3 rings (SSSR count). The minimum Gasteiger partial charge on any atom is -0.332 e. The van der Waals surface area contributed by atoms with Crippen molar-refractivity contribution in [1.82, 2.24) is 5.32 Å². The van der Waals surface area contributed by atoms with Gasteiger partial charge in [-0.05, 0) is 72.9 Å². The minimum atomic E-state index is -0.446. The van der Waals surface area contributed by atoms with Crippen LogP contribution in [0.15, 0.2) is 78.9 Å². The Morgan fingerprint density at radius 3 is 2.07 bits per heavy atom. The molecule has 2 amide bonds. The summed E-state index contributed by atoms with van der Waals surface area (Å²) in [6, 6.07) is 21.2. The Balaban J connectivity index is 1.60. The van der Waals surface area contributed by atoms with Gasteiger partial charge in [0.15, 0.2) is 5.11 Å². The molecule has 0 heterocycles. The zero-order chi connectivity index (χ0) is 20.8. The van der Waals surface area contributed by atoms with Crippen LogP contribution in [0.25, 0.3) is 0 Å². The van der Waals surface area contributed by atoms with Gasteiger partial charge in [-0.3, -0.25) is 14.9 Å². The summed E-state index contributed by atoms with van der Waals surface area (Å²) in [5.41, 5.74) is 2.22. The van der Waals surface area contributed by atoms with Gasteiger partial charge in [0.2, 0.25) is 0 Å². The largest absolute Gasteiger partial charge is 0.332 e. The predicted molar refractivity (Wildman–Crippen MR) is 116 cm³/mol. The Labute approximate surface area is 173 Å². The van der Waals surface area contributed by atoms with E-state index in [0.717, 1.165) is 5.69 Å². The molecule has 0 atom stereocenters. The molecule has 0 aliphatic rings. The molecule has 0 bridgehead atoms. The van der Waals surface area contributed by atoms with Gasteiger partial charge in [-0.15, -0.1) is 0 Å². The average molecular weight is 407 g/mol. The van der Waals surface area contributed by atoms with Crippen molar-refractivity contribution in [3.63, 3.8) is 0 Å². The van der Waals surface area contributed by atoms with E-state index in [1.165, 1.54) is 24.3 Å². The molecule has 0 aliphatic carbocycles. The highest BCUT2D eigenvalue weighted by Crippen LogP contribution is 2.16. The molecular weight excluding hydrogens is 389 g/mol. The molecule has 3 aromatic carbocycles. The maximum Gasteiger partial charge on any atom is 0.258 e. The van der Waals surface area contributed by atoms with Crippen LogP contribution in [0.4, 0.5) is 15.8 Å². The Hall–Kier alpha value is -3.58. The molecule has 0 saturated heterocycles. The molecule has 2 N–H and O–H groups in total. The predicted octanol–water partition coefficient (Wildman–Crippen LogP) is 4.23. The van der Waals surface area contributed by atoms with Gasteiger partial charge < -0.3 is 10.2 Å². The summed E-state index contributed by atoms with van der Waals surface area (Å²) in [5, 5.41) is 5.50. The highest BCUT2D eigenvalue weighted by molar-refractivity contribution is 7.80. The fourth-order valence-electron chi connectivity index (χ4n) is 2.60. The lowest BCUT2D eigenvalue weighted by atomic mass is 10.1. The SMILES string of the molecule is CN(C(=O)c1ccc(NC(=S)NC(=O)c2ccc(F)cc2)cc1)c1ccccc1. The number of hydrogen-bond donors (Lipinski definition) is 2. The molecule has 0 radical (unpaired) electrons. The van der Waals surface area contributed by atoms with Crippen LogP contribution in [0.2, 0.25) is 0 Å². The second-order valence-corrected chi connectivity index (χ2v) is 6.60. The van der Waals surface area contributed by atoms with Crippen LogP contribution < -0.4 is 15.5 Å². The van der Waals surface area contributed by atoms with Crippen LogP contribution in [0, 0.1) is 5.82 Å². The average Bonchev–Trinajstić information content (AvgIpc) is 2.74. The van der Waals surface area contributed by atoms with Gasteiger partial charge in [-0.2, -0.15) is 0 Å². The second kappa shape index (κ2) is 9.07. The van der Waals surface area contributed by atoms with Crippen LogP contribution in [0.3, 0.4) is 0 Å². The first kappa shape index (κ1) is 20.2. The summed E-state index contributed by atoms with van der Waals surface area (Å²) < 4.78 is 12.9. The second-order valence-electron chi connectivity index (χ2n) is 6.19. The van der Waals surface area contributed by atoms with Crippen LogP contribution in [0.5, 0.6) is 0 Å². The van der Waals surface area contributed by atoms with Gasteiger partial charge in [0.05, 0.1) is 0 Å². The standard InChI is InChI=1S/C22H18FN3O2S/c1-26(19-5-3-2-4-6-19)21(28)16-9-13-18(14-10-16)24-22(29)25-20(27)15-7-11-17(23)12-8-15/h2-14H,1H3,(H2,24,25,27,29). The van der Waals surface area contributed by atoms with Crippen molar-refractivity contribution in [2.45, 2.75) is 0 Å². The molecular formula is C22H18FN3O2S. The summed E-state index contributed by atoms with van der Waals surface area (Å²) in [6.45, 7) is 0. The molecule has 29 heavy (non-hydrogen) atoms. The van der Waals surface area contributed by atoms with E-state index in [0.29, 0.717) is 16.8 Å². The Kier molecular flexibility index (Phi) is 6.31. The van der Waals surface area contributed by atoms with E-state index in [2.05, 4.69) is 10.6 Å². The molecule has 0 aliphatic heterocycles. The van der Waals surface area contributed by atoms with E-state index in [-0.39, 0.29) is 11.0 Å². The first-order chi connectivity index (χ1) is 13.9.